The standard InChI is InChI=1S/C24H27NO/c1-3-5-7-11-16-22-17-12-13-18-23(22)24(26)25(19-6-4-2)20-21-14-9-8-10-15-21/h4,8-10,12-15,17-18H,2-3,5-7,19-20H2,1H3. The van der Waals surface area contributed by atoms with Gasteiger partial charge in [0.2, 0.25) is 0 Å². The minimum Gasteiger partial charge on any atom is -0.334 e. The van der Waals surface area contributed by atoms with Gasteiger partial charge >= 0.3 is 0 Å². The second kappa shape index (κ2) is 10.9. The molecule has 0 bridgehead atoms. The molecule has 0 aromatic heterocycles. The summed E-state index contributed by atoms with van der Waals surface area (Å²) in [6.45, 7) is 7.18. The van der Waals surface area contributed by atoms with Gasteiger partial charge in [-0.3, -0.25) is 4.79 Å². The van der Waals surface area contributed by atoms with E-state index in [2.05, 4.69) is 25.3 Å². The van der Waals surface area contributed by atoms with Crippen LogP contribution in [0.3, 0.4) is 0 Å². The summed E-state index contributed by atoms with van der Waals surface area (Å²) >= 11 is 0. The Kier molecular flexibility index (Phi) is 8.23. The summed E-state index contributed by atoms with van der Waals surface area (Å²) in [6.07, 6.45) is 5.69. The molecule has 2 nitrogen and oxygen atoms in total. The van der Waals surface area contributed by atoms with E-state index in [4.69, 9.17) is 0 Å². The molecule has 0 aliphatic rings. The third kappa shape index (κ3) is 5.93. The van der Waals surface area contributed by atoms with Gasteiger partial charge in [-0.15, -0.1) is 6.58 Å². The number of unbranched alkanes of at least 4 members (excludes halogenated alkanes) is 2. The summed E-state index contributed by atoms with van der Waals surface area (Å²) in [5.74, 6) is 6.40. The van der Waals surface area contributed by atoms with E-state index in [0.29, 0.717) is 18.7 Å². The number of carbonyl (C=O) groups is 1. The molecule has 0 fully saturated rings. The van der Waals surface area contributed by atoms with E-state index in [1.807, 2.05) is 65.6 Å². The lowest BCUT2D eigenvalue weighted by molar-refractivity contribution is 0.0746. The fraction of sp³-hybridized carbons (Fsp3) is 0.292. The Labute approximate surface area is 157 Å². The largest absolute Gasteiger partial charge is 0.334 e. The van der Waals surface area contributed by atoms with Crippen LogP contribution in [0.1, 0.15) is 54.1 Å². The molecular formula is C24H27NO. The van der Waals surface area contributed by atoms with Crippen molar-refractivity contribution < 1.29 is 4.79 Å². The van der Waals surface area contributed by atoms with E-state index >= 15 is 0 Å². The molecule has 0 saturated carbocycles. The van der Waals surface area contributed by atoms with E-state index in [0.717, 1.165) is 36.8 Å². The Balaban J connectivity index is 2.23. The van der Waals surface area contributed by atoms with Crippen molar-refractivity contribution in [2.24, 2.45) is 0 Å². The molecule has 0 unspecified atom stereocenters. The van der Waals surface area contributed by atoms with E-state index in [1.165, 1.54) is 0 Å². The molecular weight excluding hydrogens is 318 g/mol. The zero-order valence-electron chi connectivity index (χ0n) is 15.6. The van der Waals surface area contributed by atoms with Gasteiger partial charge in [0.1, 0.15) is 0 Å². The fourth-order valence-electron chi connectivity index (χ4n) is 2.68. The SMILES string of the molecule is C=CCCN(Cc1ccccc1)C(=O)c1ccccc1C#CCCCC. The van der Waals surface area contributed by atoms with Crippen LogP contribution in [-0.2, 0) is 6.54 Å². The number of nitrogens with zero attached hydrogens (tertiary/aromatic N) is 1. The Morgan fingerprint density at radius 2 is 1.85 bits per heavy atom. The first-order valence-corrected chi connectivity index (χ1v) is 9.28. The maximum Gasteiger partial charge on any atom is 0.255 e. The molecule has 0 aliphatic heterocycles. The molecule has 134 valence electrons. The highest BCUT2D eigenvalue weighted by atomic mass is 16.2. The zero-order chi connectivity index (χ0) is 18.6. The number of rotatable bonds is 8. The average Bonchev–Trinajstić information content (AvgIpc) is 2.69. The molecule has 0 spiro atoms. The van der Waals surface area contributed by atoms with Crippen molar-refractivity contribution in [2.75, 3.05) is 6.54 Å². The Bertz CT molecular complexity index is 768. The van der Waals surface area contributed by atoms with Crippen LogP contribution < -0.4 is 0 Å². The second-order valence-corrected chi connectivity index (χ2v) is 6.24. The molecule has 0 aliphatic carbocycles. The topological polar surface area (TPSA) is 20.3 Å². The van der Waals surface area contributed by atoms with Crippen LogP contribution in [0, 0.1) is 11.8 Å². The molecule has 0 saturated heterocycles. The number of benzene rings is 2. The normalized spacial score (nSPS) is 9.88. The molecule has 0 N–H and O–H groups in total. The summed E-state index contributed by atoms with van der Waals surface area (Å²) < 4.78 is 0. The third-order valence-electron chi connectivity index (χ3n) is 4.14. The lowest BCUT2D eigenvalue weighted by Crippen LogP contribution is -2.31. The van der Waals surface area contributed by atoms with Gasteiger partial charge in [0.15, 0.2) is 0 Å². The van der Waals surface area contributed by atoms with Crippen LogP contribution >= 0.6 is 0 Å². The first-order chi connectivity index (χ1) is 12.8. The average molecular weight is 345 g/mol. The lowest BCUT2D eigenvalue weighted by atomic mass is 10.1. The predicted octanol–water partition coefficient (Wildman–Crippen LogP) is 5.45. The monoisotopic (exact) mass is 345 g/mol. The van der Waals surface area contributed by atoms with Crippen LogP contribution in [0.2, 0.25) is 0 Å². The van der Waals surface area contributed by atoms with Gasteiger partial charge < -0.3 is 4.90 Å². The molecule has 0 heterocycles. The molecule has 2 heteroatoms. The Hall–Kier alpha value is -2.79. The number of carbonyl (C=O) groups excluding carboxylic acids is 1. The van der Waals surface area contributed by atoms with Crippen molar-refractivity contribution in [1.29, 1.82) is 0 Å². The molecule has 0 radical (unpaired) electrons. The van der Waals surface area contributed by atoms with E-state index in [-0.39, 0.29) is 5.91 Å². The van der Waals surface area contributed by atoms with E-state index in [9.17, 15) is 4.79 Å². The van der Waals surface area contributed by atoms with E-state index in [1.54, 1.807) is 0 Å². The predicted molar refractivity (Wildman–Crippen MR) is 109 cm³/mol. The second-order valence-electron chi connectivity index (χ2n) is 6.24. The molecule has 0 atom stereocenters. The summed E-state index contributed by atoms with van der Waals surface area (Å²) in [4.78, 5) is 15.1. The number of amides is 1. The van der Waals surface area contributed by atoms with Gasteiger partial charge in [0.25, 0.3) is 5.91 Å². The van der Waals surface area contributed by atoms with Gasteiger partial charge in [0.05, 0.1) is 5.56 Å². The first kappa shape index (κ1) is 19.5. The van der Waals surface area contributed by atoms with Crippen LogP contribution in [0.4, 0.5) is 0 Å². The summed E-state index contributed by atoms with van der Waals surface area (Å²) in [5, 5.41) is 0. The maximum absolute atomic E-state index is 13.2. The third-order valence-corrected chi connectivity index (χ3v) is 4.14. The highest BCUT2D eigenvalue weighted by molar-refractivity contribution is 5.96. The fourth-order valence-corrected chi connectivity index (χ4v) is 2.68. The van der Waals surface area contributed by atoms with Crippen molar-refractivity contribution in [3.8, 4) is 11.8 Å². The van der Waals surface area contributed by atoms with Gasteiger partial charge in [-0.05, 0) is 30.5 Å². The lowest BCUT2D eigenvalue weighted by Gasteiger charge is -2.23. The van der Waals surface area contributed by atoms with Gasteiger partial charge in [-0.2, -0.15) is 0 Å². The van der Waals surface area contributed by atoms with Crippen LogP contribution in [0.5, 0.6) is 0 Å². The summed E-state index contributed by atoms with van der Waals surface area (Å²) in [5.41, 5.74) is 2.61. The first-order valence-electron chi connectivity index (χ1n) is 9.28. The smallest absolute Gasteiger partial charge is 0.255 e. The number of hydrogen-bond donors (Lipinski definition) is 0. The molecule has 2 aromatic carbocycles. The van der Waals surface area contributed by atoms with Crippen molar-refractivity contribution in [3.63, 3.8) is 0 Å². The summed E-state index contributed by atoms with van der Waals surface area (Å²) in [6, 6.07) is 17.7. The molecule has 2 aromatic rings. The van der Waals surface area contributed by atoms with Crippen molar-refractivity contribution in [1.82, 2.24) is 4.90 Å². The highest BCUT2D eigenvalue weighted by Gasteiger charge is 2.18. The van der Waals surface area contributed by atoms with Crippen molar-refractivity contribution >= 4 is 5.91 Å². The van der Waals surface area contributed by atoms with Gasteiger partial charge in [-0.1, -0.05) is 73.7 Å². The minimum atomic E-state index is 0.0242. The molecule has 26 heavy (non-hydrogen) atoms. The Morgan fingerprint density at radius 1 is 1.12 bits per heavy atom. The van der Waals surface area contributed by atoms with E-state index < -0.39 is 0 Å². The van der Waals surface area contributed by atoms with Crippen LogP contribution in [-0.4, -0.2) is 17.4 Å². The zero-order valence-corrected chi connectivity index (χ0v) is 15.6. The van der Waals surface area contributed by atoms with Gasteiger partial charge in [0, 0.05) is 25.1 Å². The van der Waals surface area contributed by atoms with Crippen LogP contribution in [0.25, 0.3) is 0 Å². The van der Waals surface area contributed by atoms with Crippen molar-refractivity contribution in [2.45, 2.75) is 39.2 Å². The summed E-state index contributed by atoms with van der Waals surface area (Å²) in [7, 11) is 0. The van der Waals surface area contributed by atoms with Crippen molar-refractivity contribution in [3.05, 3.63) is 83.9 Å². The minimum absolute atomic E-state index is 0.0242. The number of hydrogen-bond acceptors (Lipinski definition) is 1. The quantitative estimate of drug-likeness (QED) is 0.354. The highest BCUT2D eigenvalue weighted by Crippen LogP contribution is 2.14. The Morgan fingerprint density at radius 3 is 2.58 bits per heavy atom. The molecule has 1 amide bonds. The molecule has 2 rings (SSSR count). The van der Waals surface area contributed by atoms with Gasteiger partial charge in [-0.25, -0.2) is 0 Å². The van der Waals surface area contributed by atoms with Crippen LogP contribution in [0.15, 0.2) is 67.3 Å². The maximum atomic E-state index is 13.2.